The van der Waals surface area contributed by atoms with Crippen LogP contribution in [0.5, 0.6) is 0 Å². The number of carbonyl (C=O) groups is 1. The van der Waals surface area contributed by atoms with Crippen molar-refractivity contribution in [3.05, 3.63) is 41.2 Å². The maximum atomic E-state index is 13.1. The number of likely N-dealkylation sites (N-methyl/N-ethyl adjacent to an activating group) is 1. The van der Waals surface area contributed by atoms with E-state index in [4.69, 9.17) is 0 Å². The Balaban J connectivity index is 1.68. The number of hydrogen-bond acceptors (Lipinski definition) is 7. The summed E-state index contributed by atoms with van der Waals surface area (Å²) in [4.78, 5) is 28.4. The average Bonchev–Trinajstić information content (AvgIpc) is 3.29. The van der Waals surface area contributed by atoms with Gasteiger partial charge in [-0.1, -0.05) is 35.2 Å². The number of fused-ring (bicyclic) bond motifs is 2. The first-order chi connectivity index (χ1) is 13.5. The maximum absolute atomic E-state index is 13.1. The van der Waals surface area contributed by atoms with Crippen molar-refractivity contribution < 1.29 is 4.79 Å². The summed E-state index contributed by atoms with van der Waals surface area (Å²) < 4.78 is 2.79. The Labute approximate surface area is 170 Å². The van der Waals surface area contributed by atoms with E-state index in [9.17, 15) is 4.79 Å². The quantitative estimate of drug-likeness (QED) is 0.466. The number of thiazole rings is 1. The van der Waals surface area contributed by atoms with Gasteiger partial charge in [0.1, 0.15) is 0 Å². The number of aryl methyl sites for hydroxylation is 2. The molecule has 0 radical (unpaired) electrons. The highest BCUT2D eigenvalue weighted by Gasteiger charge is 2.22. The highest BCUT2D eigenvalue weighted by Crippen LogP contribution is 2.29. The molecule has 0 saturated carbocycles. The molecule has 0 aliphatic carbocycles. The summed E-state index contributed by atoms with van der Waals surface area (Å²) in [6.07, 6.45) is 2.18. The molecule has 3 aromatic heterocycles. The second-order valence-electron chi connectivity index (χ2n) is 6.35. The van der Waals surface area contributed by atoms with Crippen LogP contribution in [0.4, 0.5) is 5.13 Å². The molecule has 9 heteroatoms. The van der Waals surface area contributed by atoms with Gasteiger partial charge in [0, 0.05) is 23.5 Å². The number of hydrogen-bond donors (Lipinski definition) is 0. The topological polar surface area (TPSA) is 76.3 Å². The van der Waals surface area contributed by atoms with Crippen LogP contribution in [0.15, 0.2) is 29.4 Å². The summed E-state index contributed by atoms with van der Waals surface area (Å²) in [5.41, 5.74) is 3.49. The lowest BCUT2D eigenvalue weighted by atomic mass is 10.1. The van der Waals surface area contributed by atoms with E-state index in [1.54, 1.807) is 9.42 Å². The van der Waals surface area contributed by atoms with Crippen molar-refractivity contribution in [2.75, 3.05) is 17.7 Å². The highest BCUT2D eigenvalue weighted by atomic mass is 32.2. The van der Waals surface area contributed by atoms with E-state index < -0.39 is 0 Å². The normalized spacial score (nSPS) is 11.4. The van der Waals surface area contributed by atoms with E-state index in [-0.39, 0.29) is 12.3 Å². The predicted molar refractivity (Wildman–Crippen MR) is 113 cm³/mol. The van der Waals surface area contributed by atoms with Crippen LogP contribution in [-0.4, -0.2) is 43.3 Å². The number of rotatable bonds is 5. The fourth-order valence-corrected chi connectivity index (χ4v) is 4.56. The van der Waals surface area contributed by atoms with E-state index in [1.165, 1.54) is 23.1 Å². The van der Waals surface area contributed by atoms with Crippen molar-refractivity contribution in [2.24, 2.45) is 0 Å². The zero-order chi connectivity index (χ0) is 19.8. The van der Waals surface area contributed by atoms with E-state index in [0.29, 0.717) is 17.5 Å². The molecular weight excluding hydrogens is 392 g/mol. The minimum atomic E-state index is -0.000823. The number of para-hydroxylation sites is 1. The SMILES string of the molecule is CCN(C(=O)Cc1c(C)nc2nc(SC)nn2c1C)c1nc2ccccc2s1. The van der Waals surface area contributed by atoms with Crippen molar-refractivity contribution in [3.8, 4) is 0 Å². The first-order valence-electron chi connectivity index (χ1n) is 8.94. The fourth-order valence-electron chi connectivity index (χ4n) is 3.17. The molecule has 7 nitrogen and oxygen atoms in total. The number of nitrogens with zero attached hydrogens (tertiary/aromatic N) is 6. The Morgan fingerprint density at radius 2 is 2.00 bits per heavy atom. The summed E-state index contributed by atoms with van der Waals surface area (Å²) in [6.45, 7) is 6.40. The number of thioether (sulfide) groups is 1. The number of amides is 1. The van der Waals surface area contributed by atoms with Crippen molar-refractivity contribution in [3.63, 3.8) is 0 Å². The lowest BCUT2D eigenvalue weighted by molar-refractivity contribution is -0.118. The van der Waals surface area contributed by atoms with Crippen LogP contribution in [0.2, 0.25) is 0 Å². The van der Waals surface area contributed by atoms with Crippen LogP contribution in [0.25, 0.3) is 16.0 Å². The number of carbonyl (C=O) groups excluding carboxylic acids is 1. The van der Waals surface area contributed by atoms with Gasteiger partial charge < -0.3 is 0 Å². The average molecular weight is 413 g/mol. The van der Waals surface area contributed by atoms with E-state index in [2.05, 4.69) is 20.1 Å². The van der Waals surface area contributed by atoms with Gasteiger partial charge in [-0.2, -0.15) is 4.98 Å². The fraction of sp³-hybridized carbons (Fsp3) is 0.316. The third-order valence-electron chi connectivity index (χ3n) is 4.67. The second-order valence-corrected chi connectivity index (χ2v) is 8.13. The molecule has 1 aromatic carbocycles. The Kier molecular flexibility index (Phi) is 5.03. The molecular formula is C19H20N6OS2. The largest absolute Gasteiger partial charge is 0.288 e. The molecule has 0 aliphatic heterocycles. The molecule has 28 heavy (non-hydrogen) atoms. The molecule has 0 fully saturated rings. The third-order valence-corrected chi connectivity index (χ3v) is 6.27. The molecule has 3 heterocycles. The van der Waals surface area contributed by atoms with Crippen molar-refractivity contribution in [2.45, 2.75) is 32.3 Å². The van der Waals surface area contributed by atoms with Crippen LogP contribution >= 0.6 is 23.1 Å². The van der Waals surface area contributed by atoms with Gasteiger partial charge in [0.05, 0.1) is 16.6 Å². The first-order valence-corrected chi connectivity index (χ1v) is 11.0. The van der Waals surface area contributed by atoms with Crippen molar-refractivity contribution >= 4 is 50.1 Å². The molecule has 0 unspecified atom stereocenters. The molecule has 0 atom stereocenters. The van der Waals surface area contributed by atoms with Crippen LogP contribution in [0, 0.1) is 13.8 Å². The number of aromatic nitrogens is 5. The van der Waals surface area contributed by atoms with Crippen LogP contribution in [0.3, 0.4) is 0 Å². The van der Waals surface area contributed by atoms with Crippen molar-refractivity contribution in [1.82, 2.24) is 24.6 Å². The van der Waals surface area contributed by atoms with Gasteiger partial charge in [0.25, 0.3) is 5.78 Å². The zero-order valence-electron chi connectivity index (χ0n) is 16.1. The monoisotopic (exact) mass is 412 g/mol. The summed E-state index contributed by atoms with van der Waals surface area (Å²) >= 11 is 3.01. The van der Waals surface area contributed by atoms with E-state index in [0.717, 1.165) is 32.3 Å². The third kappa shape index (κ3) is 3.24. The van der Waals surface area contributed by atoms with Gasteiger partial charge in [0.15, 0.2) is 5.13 Å². The lowest BCUT2D eigenvalue weighted by Crippen LogP contribution is -2.32. The molecule has 0 N–H and O–H groups in total. The molecule has 0 bridgehead atoms. The van der Waals surface area contributed by atoms with Crippen molar-refractivity contribution in [1.29, 1.82) is 0 Å². The first kappa shape index (κ1) is 18.8. The summed E-state index contributed by atoms with van der Waals surface area (Å²) in [6, 6.07) is 7.93. The lowest BCUT2D eigenvalue weighted by Gasteiger charge is -2.19. The Bertz CT molecular complexity index is 1150. The van der Waals surface area contributed by atoms with E-state index >= 15 is 0 Å². The van der Waals surface area contributed by atoms with Gasteiger partial charge in [-0.3, -0.25) is 9.69 Å². The molecule has 4 aromatic rings. The van der Waals surface area contributed by atoms with Gasteiger partial charge in [-0.15, -0.1) is 5.10 Å². The minimum absolute atomic E-state index is 0.000823. The second kappa shape index (κ2) is 7.48. The summed E-state index contributed by atoms with van der Waals surface area (Å²) in [5.74, 6) is 0.563. The molecule has 1 amide bonds. The predicted octanol–water partition coefficient (Wildman–Crippen LogP) is 3.67. The smallest absolute Gasteiger partial charge is 0.253 e. The zero-order valence-corrected chi connectivity index (χ0v) is 17.8. The Hall–Kier alpha value is -2.52. The molecule has 0 aliphatic rings. The highest BCUT2D eigenvalue weighted by molar-refractivity contribution is 7.98. The molecule has 4 rings (SSSR count). The molecule has 144 valence electrons. The van der Waals surface area contributed by atoms with E-state index in [1.807, 2.05) is 51.3 Å². The summed E-state index contributed by atoms with van der Waals surface area (Å²) in [5, 5.41) is 5.86. The molecule has 0 saturated heterocycles. The number of anilines is 1. The van der Waals surface area contributed by atoms with Crippen LogP contribution in [0.1, 0.15) is 23.9 Å². The number of benzene rings is 1. The molecule has 0 spiro atoms. The van der Waals surface area contributed by atoms with Gasteiger partial charge in [0.2, 0.25) is 11.1 Å². The van der Waals surface area contributed by atoms with Crippen LogP contribution < -0.4 is 4.90 Å². The Morgan fingerprint density at radius 3 is 2.71 bits per heavy atom. The standard InChI is InChI=1S/C19H20N6OS2/c1-5-24(19-21-14-8-6-7-9-15(14)28-19)16(26)10-13-11(2)20-17-22-18(27-4)23-25(17)12(13)3/h6-9H,5,10H2,1-4H3. The van der Waals surface area contributed by atoms with Gasteiger partial charge in [-0.05, 0) is 39.2 Å². The maximum Gasteiger partial charge on any atom is 0.253 e. The van der Waals surface area contributed by atoms with Gasteiger partial charge >= 0.3 is 0 Å². The van der Waals surface area contributed by atoms with Crippen LogP contribution in [-0.2, 0) is 11.2 Å². The van der Waals surface area contributed by atoms with Gasteiger partial charge in [-0.25, -0.2) is 14.5 Å². The Morgan fingerprint density at radius 1 is 1.21 bits per heavy atom. The summed E-state index contributed by atoms with van der Waals surface area (Å²) in [7, 11) is 0. The minimum Gasteiger partial charge on any atom is -0.288 e.